The second kappa shape index (κ2) is 6.98. The molecule has 2 aromatic carbocycles. The molecule has 1 fully saturated rings. The van der Waals surface area contributed by atoms with Gasteiger partial charge >= 0.3 is 0 Å². The first kappa shape index (κ1) is 16.9. The van der Waals surface area contributed by atoms with Crippen LogP contribution < -0.4 is 10.6 Å². The molecular formula is C19H19BrClN3O. The van der Waals surface area contributed by atoms with Gasteiger partial charge in [-0.3, -0.25) is 4.99 Å². The van der Waals surface area contributed by atoms with E-state index in [1.165, 1.54) is 0 Å². The zero-order chi connectivity index (χ0) is 17.3. The van der Waals surface area contributed by atoms with Crippen molar-refractivity contribution in [3.05, 3.63) is 57.5 Å². The van der Waals surface area contributed by atoms with E-state index in [1.54, 1.807) is 0 Å². The van der Waals surface area contributed by atoms with E-state index in [4.69, 9.17) is 21.3 Å². The van der Waals surface area contributed by atoms with Crippen molar-refractivity contribution in [1.29, 1.82) is 0 Å². The number of aliphatic imine (C=N–C) groups is 1. The van der Waals surface area contributed by atoms with Crippen LogP contribution in [0.3, 0.4) is 0 Å². The first-order chi connectivity index (χ1) is 12.1. The summed E-state index contributed by atoms with van der Waals surface area (Å²) in [6.07, 6.45) is 1.79. The maximum atomic E-state index is 6.09. The van der Waals surface area contributed by atoms with Crippen LogP contribution >= 0.6 is 27.5 Å². The average Bonchev–Trinajstić information content (AvgIpc) is 2.61. The first-order valence-electron chi connectivity index (χ1n) is 8.37. The fourth-order valence-electron chi connectivity index (χ4n) is 3.37. The van der Waals surface area contributed by atoms with Gasteiger partial charge in [0.25, 0.3) is 0 Å². The molecule has 4 rings (SSSR count). The highest BCUT2D eigenvalue weighted by Crippen LogP contribution is 2.38. The number of anilines is 2. The van der Waals surface area contributed by atoms with E-state index in [1.807, 2.05) is 24.3 Å². The van der Waals surface area contributed by atoms with Crippen molar-refractivity contribution in [2.75, 3.05) is 23.8 Å². The SMILES string of the molecule is Clc1cccc(CN=C2Nc3cc(Br)ccc3NC23CCOCC3)c1. The molecule has 0 aliphatic carbocycles. The van der Waals surface area contributed by atoms with Gasteiger partial charge in [0.05, 0.1) is 23.5 Å². The highest BCUT2D eigenvalue weighted by molar-refractivity contribution is 9.10. The predicted molar refractivity (Wildman–Crippen MR) is 107 cm³/mol. The third-order valence-electron chi connectivity index (χ3n) is 4.72. The van der Waals surface area contributed by atoms with Crippen LogP contribution in [-0.4, -0.2) is 24.6 Å². The standard InChI is InChI=1S/C19H19BrClN3O/c20-14-4-5-16-17(11-14)23-18(19(24-16)6-8-25-9-7-19)22-12-13-2-1-3-15(21)10-13/h1-5,10-11,24H,6-9,12H2,(H,22,23). The minimum absolute atomic E-state index is 0.197. The second-order valence-electron chi connectivity index (χ2n) is 6.43. The van der Waals surface area contributed by atoms with Gasteiger partial charge in [0.2, 0.25) is 0 Å². The van der Waals surface area contributed by atoms with Crippen molar-refractivity contribution in [2.24, 2.45) is 4.99 Å². The summed E-state index contributed by atoms with van der Waals surface area (Å²) < 4.78 is 6.62. The van der Waals surface area contributed by atoms with E-state index in [0.29, 0.717) is 6.54 Å². The monoisotopic (exact) mass is 419 g/mol. The molecule has 0 atom stereocenters. The number of halogens is 2. The van der Waals surface area contributed by atoms with Gasteiger partial charge in [-0.15, -0.1) is 0 Å². The normalized spacial score (nSPS) is 20.0. The maximum absolute atomic E-state index is 6.09. The Morgan fingerprint density at radius 3 is 2.76 bits per heavy atom. The fourth-order valence-corrected chi connectivity index (χ4v) is 3.95. The molecule has 1 saturated heterocycles. The van der Waals surface area contributed by atoms with Crippen molar-refractivity contribution in [2.45, 2.75) is 24.9 Å². The minimum atomic E-state index is -0.197. The van der Waals surface area contributed by atoms with Gasteiger partial charge < -0.3 is 15.4 Å². The van der Waals surface area contributed by atoms with Gasteiger partial charge in [0.1, 0.15) is 5.84 Å². The van der Waals surface area contributed by atoms with Crippen LogP contribution in [0.25, 0.3) is 0 Å². The number of amidine groups is 1. The predicted octanol–water partition coefficient (Wildman–Crippen LogP) is 5.09. The van der Waals surface area contributed by atoms with Crippen LogP contribution in [0.1, 0.15) is 18.4 Å². The summed E-state index contributed by atoms with van der Waals surface area (Å²) in [6.45, 7) is 2.06. The van der Waals surface area contributed by atoms with Crippen LogP contribution in [0.5, 0.6) is 0 Å². The van der Waals surface area contributed by atoms with Crippen LogP contribution in [0, 0.1) is 0 Å². The van der Waals surface area contributed by atoms with E-state index in [2.05, 4.69) is 44.8 Å². The number of nitrogens with zero attached hydrogens (tertiary/aromatic N) is 1. The molecule has 0 bridgehead atoms. The Kier molecular flexibility index (Phi) is 4.71. The molecule has 1 spiro atoms. The highest BCUT2D eigenvalue weighted by atomic mass is 79.9. The Hall–Kier alpha value is -1.56. The van der Waals surface area contributed by atoms with E-state index in [0.717, 1.165) is 58.3 Å². The Morgan fingerprint density at radius 1 is 1.12 bits per heavy atom. The molecule has 130 valence electrons. The third-order valence-corrected chi connectivity index (χ3v) is 5.45. The van der Waals surface area contributed by atoms with Crippen molar-refractivity contribution >= 4 is 44.7 Å². The van der Waals surface area contributed by atoms with Gasteiger partial charge in [0.15, 0.2) is 0 Å². The molecule has 0 amide bonds. The van der Waals surface area contributed by atoms with Crippen LogP contribution in [-0.2, 0) is 11.3 Å². The van der Waals surface area contributed by atoms with Gasteiger partial charge in [-0.05, 0) is 35.9 Å². The molecule has 2 N–H and O–H groups in total. The second-order valence-corrected chi connectivity index (χ2v) is 7.78. The molecule has 2 aromatic rings. The Balaban J connectivity index is 1.68. The Bertz CT molecular complexity index is 818. The number of rotatable bonds is 2. The van der Waals surface area contributed by atoms with Crippen LogP contribution in [0.2, 0.25) is 5.02 Å². The van der Waals surface area contributed by atoms with Crippen LogP contribution in [0.15, 0.2) is 51.9 Å². The lowest BCUT2D eigenvalue weighted by Gasteiger charge is -2.43. The molecule has 6 heteroatoms. The smallest absolute Gasteiger partial charge is 0.127 e. The first-order valence-corrected chi connectivity index (χ1v) is 9.54. The number of benzene rings is 2. The number of hydrogen-bond donors (Lipinski definition) is 2. The summed E-state index contributed by atoms with van der Waals surface area (Å²) in [7, 11) is 0. The summed E-state index contributed by atoms with van der Waals surface area (Å²) in [4.78, 5) is 4.91. The number of ether oxygens (including phenoxy) is 1. The molecule has 2 aliphatic heterocycles. The maximum Gasteiger partial charge on any atom is 0.127 e. The molecule has 0 unspecified atom stereocenters. The Morgan fingerprint density at radius 2 is 1.96 bits per heavy atom. The van der Waals surface area contributed by atoms with Crippen molar-refractivity contribution in [3.63, 3.8) is 0 Å². The molecule has 25 heavy (non-hydrogen) atoms. The Labute approximate surface area is 160 Å². The van der Waals surface area contributed by atoms with E-state index >= 15 is 0 Å². The molecule has 4 nitrogen and oxygen atoms in total. The summed E-state index contributed by atoms with van der Waals surface area (Å²) >= 11 is 9.63. The molecule has 0 radical (unpaired) electrons. The molecule has 0 aromatic heterocycles. The minimum Gasteiger partial charge on any atom is -0.381 e. The quantitative estimate of drug-likeness (QED) is 0.711. The summed E-state index contributed by atoms with van der Waals surface area (Å²) in [5.74, 6) is 0.973. The molecular weight excluding hydrogens is 402 g/mol. The zero-order valence-electron chi connectivity index (χ0n) is 13.7. The lowest BCUT2D eigenvalue weighted by atomic mass is 9.86. The largest absolute Gasteiger partial charge is 0.381 e. The number of hydrogen-bond acceptors (Lipinski definition) is 3. The number of fused-ring (bicyclic) bond motifs is 1. The lowest BCUT2D eigenvalue weighted by molar-refractivity contribution is 0.0778. The van der Waals surface area contributed by atoms with Gasteiger partial charge in [0, 0.05) is 35.6 Å². The van der Waals surface area contributed by atoms with Gasteiger partial charge in [-0.2, -0.15) is 0 Å². The van der Waals surface area contributed by atoms with E-state index < -0.39 is 0 Å². The topological polar surface area (TPSA) is 45.7 Å². The van der Waals surface area contributed by atoms with Crippen molar-refractivity contribution < 1.29 is 4.74 Å². The number of nitrogens with one attached hydrogen (secondary N) is 2. The summed E-state index contributed by atoms with van der Waals surface area (Å²) in [6, 6.07) is 14.1. The van der Waals surface area contributed by atoms with Gasteiger partial charge in [-0.1, -0.05) is 39.7 Å². The molecule has 2 aliphatic rings. The third kappa shape index (κ3) is 3.54. The van der Waals surface area contributed by atoms with Crippen molar-refractivity contribution in [1.82, 2.24) is 0 Å². The van der Waals surface area contributed by atoms with E-state index in [9.17, 15) is 0 Å². The average molecular weight is 421 g/mol. The lowest BCUT2D eigenvalue weighted by Crippen LogP contribution is -2.55. The molecule has 0 saturated carbocycles. The van der Waals surface area contributed by atoms with E-state index in [-0.39, 0.29) is 5.54 Å². The zero-order valence-corrected chi connectivity index (χ0v) is 16.0. The highest BCUT2D eigenvalue weighted by Gasteiger charge is 2.41. The molecule has 2 heterocycles. The summed E-state index contributed by atoms with van der Waals surface area (Å²) in [5.41, 5.74) is 3.05. The van der Waals surface area contributed by atoms with Gasteiger partial charge in [-0.25, -0.2) is 0 Å². The summed E-state index contributed by atoms with van der Waals surface area (Å²) in [5, 5.41) is 8.01. The van der Waals surface area contributed by atoms with Crippen molar-refractivity contribution in [3.8, 4) is 0 Å². The van der Waals surface area contributed by atoms with Crippen LogP contribution in [0.4, 0.5) is 11.4 Å². The fraction of sp³-hybridized carbons (Fsp3) is 0.316.